The molecule has 0 bridgehead atoms. The zero-order valence-corrected chi connectivity index (χ0v) is 10.1. The molecular weight excluding hydrogens is 224 g/mol. The van der Waals surface area contributed by atoms with Gasteiger partial charge in [-0.2, -0.15) is 5.26 Å². The first-order chi connectivity index (χ1) is 8.69. The van der Waals surface area contributed by atoms with Crippen molar-refractivity contribution in [2.45, 2.75) is 13.5 Å². The lowest BCUT2D eigenvalue weighted by molar-refractivity contribution is 0.471. The van der Waals surface area contributed by atoms with Gasteiger partial charge in [0.2, 0.25) is 0 Å². The van der Waals surface area contributed by atoms with Crippen LogP contribution in [0.3, 0.4) is 0 Å². The first kappa shape index (κ1) is 12.0. The summed E-state index contributed by atoms with van der Waals surface area (Å²) in [6.45, 7) is 2.51. The number of aryl methyl sites for hydroxylation is 1. The van der Waals surface area contributed by atoms with Gasteiger partial charge >= 0.3 is 0 Å². The van der Waals surface area contributed by atoms with E-state index < -0.39 is 0 Å². The van der Waals surface area contributed by atoms with Crippen molar-refractivity contribution in [3.05, 3.63) is 59.2 Å². The Morgan fingerprint density at radius 3 is 2.78 bits per heavy atom. The minimum Gasteiger partial charge on any atom is -0.508 e. The average molecular weight is 238 g/mol. The first-order valence-corrected chi connectivity index (χ1v) is 5.71. The van der Waals surface area contributed by atoms with Gasteiger partial charge in [0.05, 0.1) is 11.6 Å². The largest absolute Gasteiger partial charge is 0.508 e. The molecule has 0 saturated heterocycles. The van der Waals surface area contributed by atoms with E-state index in [-0.39, 0.29) is 0 Å². The van der Waals surface area contributed by atoms with E-state index in [0.29, 0.717) is 17.9 Å². The molecule has 0 atom stereocenters. The highest BCUT2D eigenvalue weighted by molar-refractivity contribution is 5.50. The molecule has 0 aliphatic rings. The van der Waals surface area contributed by atoms with Crippen molar-refractivity contribution in [3.8, 4) is 11.8 Å². The van der Waals surface area contributed by atoms with E-state index in [1.807, 2.05) is 37.3 Å². The van der Waals surface area contributed by atoms with Crippen LogP contribution in [-0.2, 0) is 6.54 Å². The highest BCUT2D eigenvalue weighted by atomic mass is 16.3. The minimum atomic E-state index is 0.298. The topological polar surface area (TPSA) is 56.0 Å². The second-order valence-electron chi connectivity index (χ2n) is 4.17. The highest BCUT2D eigenvalue weighted by Gasteiger charge is 1.99. The van der Waals surface area contributed by atoms with Gasteiger partial charge in [0.15, 0.2) is 0 Å². The van der Waals surface area contributed by atoms with Crippen LogP contribution in [0.1, 0.15) is 16.7 Å². The zero-order chi connectivity index (χ0) is 13.0. The zero-order valence-electron chi connectivity index (χ0n) is 10.1. The maximum absolute atomic E-state index is 9.43. The minimum absolute atomic E-state index is 0.298. The van der Waals surface area contributed by atoms with Gasteiger partial charge in [0, 0.05) is 12.2 Å². The van der Waals surface area contributed by atoms with Crippen molar-refractivity contribution < 1.29 is 5.11 Å². The molecule has 0 fully saturated rings. The van der Waals surface area contributed by atoms with Gasteiger partial charge in [0.1, 0.15) is 5.75 Å². The SMILES string of the molecule is Cc1cc(NCc2cccc(C#N)c2)ccc1O. The molecule has 0 unspecified atom stereocenters. The summed E-state index contributed by atoms with van der Waals surface area (Å²) in [6.07, 6.45) is 0. The summed E-state index contributed by atoms with van der Waals surface area (Å²) in [7, 11) is 0. The normalized spacial score (nSPS) is 9.78. The number of benzene rings is 2. The summed E-state index contributed by atoms with van der Waals surface area (Å²) < 4.78 is 0. The summed E-state index contributed by atoms with van der Waals surface area (Å²) in [6, 6.07) is 15.0. The highest BCUT2D eigenvalue weighted by Crippen LogP contribution is 2.20. The Kier molecular flexibility index (Phi) is 3.49. The van der Waals surface area contributed by atoms with Crippen molar-refractivity contribution in [3.63, 3.8) is 0 Å². The molecule has 0 amide bonds. The molecule has 2 N–H and O–H groups in total. The maximum atomic E-state index is 9.43. The molecule has 2 rings (SSSR count). The number of anilines is 1. The van der Waals surface area contributed by atoms with Gasteiger partial charge in [-0.25, -0.2) is 0 Å². The van der Waals surface area contributed by atoms with Crippen molar-refractivity contribution in [1.29, 1.82) is 5.26 Å². The number of phenols is 1. The van der Waals surface area contributed by atoms with Crippen LogP contribution in [0.2, 0.25) is 0 Å². The van der Waals surface area contributed by atoms with E-state index in [9.17, 15) is 5.11 Å². The number of hydrogen-bond donors (Lipinski definition) is 2. The van der Waals surface area contributed by atoms with Crippen LogP contribution in [0.25, 0.3) is 0 Å². The molecule has 0 radical (unpaired) electrons. The smallest absolute Gasteiger partial charge is 0.118 e. The number of rotatable bonds is 3. The van der Waals surface area contributed by atoms with E-state index in [1.165, 1.54) is 0 Å². The van der Waals surface area contributed by atoms with E-state index in [4.69, 9.17) is 5.26 Å². The predicted octanol–water partition coefficient (Wildman–Crippen LogP) is 3.18. The fraction of sp³-hybridized carbons (Fsp3) is 0.133. The average Bonchev–Trinajstić information content (AvgIpc) is 2.40. The Bertz CT molecular complexity index is 600. The molecule has 3 heteroatoms. The van der Waals surface area contributed by atoms with Gasteiger partial charge < -0.3 is 10.4 Å². The number of nitrogens with one attached hydrogen (secondary N) is 1. The molecule has 0 aliphatic heterocycles. The number of phenolic OH excluding ortho intramolecular Hbond substituents is 1. The molecule has 3 nitrogen and oxygen atoms in total. The Labute approximate surface area is 106 Å². The Hall–Kier alpha value is -2.47. The maximum Gasteiger partial charge on any atom is 0.118 e. The quantitative estimate of drug-likeness (QED) is 0.807. The van der Waals surface area contributed by atoms with Crippen LogP contribution >= 0.6 is 0 Å². The van der Waals surface area contributed by atoms with Crippen molar-refractivity contribution >= 4 is 5.69 Å². The lowest BCUT2D eigenvalue weighted by Crippen LogP contribution is -1.99. The standard InChI is InChI=1S/C15H14N2O/c1-11-7-14(5-6-15(11)18)17-10-13-4-2-3-12(8-13)9-16/h2-8,17-18H,10H2,1H3. The van der Waals surface area contributed by atoms with Crippen molar-refractivity contribution in [2.24, 2.45) is 0 Å². The molecule has 18 heavy (non-hydrogen) atoms. The molecule has 2 aromatic carbocycles. The lowest BCUT2D eigenvalue weighted by atomic mass is 10.1. The van der Waals surface area contributed by atoms with Crippen LogP contribution < -0.4 is 5.32 Å². The second kappa shape index (κ2) is 5.24. The first-order valence-electron chi connectivity index (χ1n) is 5.71. The van der Waals surface area contributed by atoms with Gasteiger partial charge in [-0.15, -0.1) is 0 Å². The summed E-state index contributed by atoms with van der Waals surface area (Å²) in [5.41, 5.74) is 3.51. The molecule has 90 valence electrons. The Morgan fingerprint density at radius 2 is 2.06 bits per heavy atom. The Morgan fingerprint density at radius 1 is 1.22 bits per heavy atom. The second-order valence-corrected chi connectivity index (χ2v) is 4.17. The van der Waals surface area contributed by atoms with E-state index in [0.717, 1.165) is 16.8 Å². The number of hydrogen-bond acceptors (Lipinski definition) is 3. The number of nitrogens with zero attached hydrogens (tertiary/aromatic N) is 1. The molecular formula is C15H14N2O. The van der Waals surface area contributed by atoms with Crippen LogP contribution in [0, 0.1) is 18.3 Å². The fourth-order valence-corrected chi connectivity index (χ4v) is 1.72. The molecule has 2 aromatic rings. The Balaban J connectivity index is 2.07. The molecule has 0 aromatic heterocycles. The van der Waals surface area contributed by atoms with Crippen LogP contribution in [-0.4, -0.2) is 5.11 Å². The van der Waals surface area contributed by atoms with E-state index in [2.05, 4.69) is 11.4 Å². The molecule has 0 aliphatic carbocycles. The lowest BCUT2D eigenvalue weighted by Gasteiger charge is -2.08. The third-order valence-electron chi connectivity index (χ3n) is 2.75. The predicted molar refractivity (Wildman–Crippen MR) is 71.3 cm³/mol. The third-order valence-corrected chi connectivity index (χ3v) is 2.75. The van der Waals surface area contributed by atoms with Crippen LogP contribution in [0.4, 0.5) is 5.69 Å². The van der Waals surface area contributed by atoms with Crippen LogP contribution in [0.15, 0.2) is 42.5 Å². The summed E-state index contributed by atoms with van der Waals surface area (Å²) in [4.78, 5) is 0. The number of aromatic hydroxyl groups is 1. The van der Waals surface area contributed by atoms with Gasteiger partial charge in [-0.1, -0.05) is 12.1 Å². The summed E-state index contributed by atoms with van der Waals surface area (Å²) in [5.74, 6) is 0.298. The molecule has 0 spiro atoms. The summed E-state index contributed by atoms with van der Waals surface area (Å²) in [5, 5.41) is 21.5. The van der Waals surface area contributed by atoms with E-state index in [1.54, 1.807) is 12.1 Å². The molecule has 0 heterocycles. The fourth-order valence-electron chi connectivity index (χ4n) is 1.72. The van der Waals surface area contributed by atoms with Gasteiger partial charge in [-0.05, 0) is 48.4 Å². The van der Waals surface area contributed by atoms with Gasteiger partial charge in [0.25, 0.3) is 0 Å². The van der Waals surface area contributed by atoms with Crippen molar-refractivity contribution in [2.75, 3.05) is 5.32 Å². The number of nitriles is 1. The van der Waals surface area contributed by atoms with Crippen molar-refractivity contribution in [1.82, 2.24) is 0 Å². The molecule has 0 saturated carbocycles. The third kappa shape index (κ3) is 2.80. The van der Waals surface area contributed by atoms with Gasteiger partial charge in [-0.3, -0.25) is 0 Å². The van der Waals surface area contributed by atoms with Crippen LogP contribution in [0.5, 0.6) is 5.75 Å². The monoisotopic (exact) mass is 238 g/mol. The summed E-state index contributed by atoms with van der Waals surface area (Å²) >= 11 is 0. The van der Waals surface area contributed by atoms with E-state index >= 15 is 0 Å².